The maximum absolute atomic E-state index is 11.8. The zero-order valence-electron chi connectivity index (χ0n) is 9.33. The third kappa shape index (κ3) is 3.11. The van der Waals surface area contributed by atoms with Gasteiger partial charge in [0.25, 0.3) is 10.0 Å². The van der Waals surface area contributed by atoms with Crippen LogP contribution in [0.15, 0.2) is 46.0 Å². The van der Waals surface area contributed by atoms with E-state index in [9.17, 15) is 13.2 Å². The van der Waals surface area contributed by atoms with Crippen molar-refractivity contribution in [2.24, 2.45) is 0 Å². The molecule has 2 rings (SSSR count). The lowest BCUT2D eigenvalue weighted by molar-refractivity contribution is 0.0917. The highest BCUT2D eigenvalue weighted by atomic mass is 35.5. The Bertz CT molecular complexity index is 685. The molecule has 100 valence electrons. The summed E-state index contributed by atoms with van der Waals surface area (Å²) in [7, 11) is -4.00. The molecule has 0 bridgehead atoms. The van der Waals surface area contributed by atoms with Crippen molar-refractivity contribution in [3.8, 4) is 0 Å². The summed E-state index contributed by atoms with van der Waals surface area (Å²) in [4.78, 5) is 16.8. The number of hydrogen-bond acceptors (Lipinski definition) is 5. The second-order valence-corrected chi connectivity index (χ2v) is 5.34. The minimum absolute atomic E-state index is 0.0278. The molecule has 0 atom stereocenters. The predicted molar refractivity (Wildman–Crippen MR) is 65.7 cm³/mol. The van der Waals surface area contributed by atoms with Crippen molar-refractivity contribution in [1.29, 1.82) is 0 Å². The zero-order chi connectivity index (χ0) is 13.9. The Labute approximate surface area is 113 Å². The lowest BCUT2D eigenvalue weighted by atomic mass is 10.4. The van der Waals surface area contributed by atoms with Crippen LogP contribution in [0, 0.1) is 0 Å². The summed E-state index contributed by atoms with van der Waals surface area (Å²) in [5.74, 6) is -0.756. The van der Waals surface area contributed by atoms with Crippen molar-refractivity contribution in [2.45, 2.75) is 4.90 Å². The molecule has 2 aromatic rings. The fraction of sp³-hybridized carbons (Fsp3) is 0. The number of sulfonamides is 1. The average Bonchev–Trinajstić information content (AvgIpc) is 2.90. The fourth-order valence-electron chi connectivity index (χ4n) is 1.21. The molecule has 0 aromatic carbocycles. The molecular formula is C10H8ClN3O4S. The number of nitrogens with one attached hydrogen (secondary N) is 2. The molecule has 9 heteroatoms. The largest absolute Gasteiger partial charge is 0.459 e. The number of carbonyl (C=O) groups excluding carboxylic acids is 1. The minimum atomic E-state index is -4.00. The first kappa shape index (κ1) is 13.5. The fourth-order valence-corrected chi connectivity index (χ4v) is 2.50. The predicted octanol–water partition coefficient (Wildman–Crippen LogP) is 0.951. The smallest absolute Gasteiger partial charge is 0.301 e. The standard InChI is InChI=1S/C10H8ClN3O4S/c11-9-8(4-1-5-12-9)19(16,17)14-13-10(15)7-3-2-6-18-7/h1-6,14H,(H,13,15). The van der Waals surface area contributed by atoms with Gasteiger partial charge < -0.3 is 4.42 Å². The molecule has 0 fully saturated rings. The summed E-state index contributed by atoms with van der Waals surface area (Å²) in [5, 5.41) is -0.192. The van der Waals surface area contributed by atoms with E-state index >= 15 is 0 Å². The molecule has 19 heavy (non-hydrogen) atoms. The van der Waals surface area contributed by atoms with Crippen LogP contribution in [0.2, 0.25) is 5.15 Å². The average molecular weight is 302 g/mol. The topological polar surface area (TPSA) is 101 Å². The van der Waals surface area contributed by atoms with Gasteiger partial charge in [-0.3, -0.25) is 10.2 Å². The first-order valence-corrected chi connectivity index (χ1v) is 6.83. The SMILES string of the molecule is O=C(NNS(=O)(=O)c1cccnc1Cl)c1ccco1. The van der Waals surface area contributed by atoms with Crippen LogP contribution in [0.1, 0.15) is 10.6 Å². The maximum Gasteiger partial charge on any atom is 0.301 e. The van der Waals surface area contributed by atoms with Gasteiger partial charge in [-0.25, -0.2) is 13.4 Å². The van der Waals surface area contributed by atoms with E-state index in [1.54, 1.807) is 0 Å². The monoisotopic (exact) mass is 301 g/mol. The third-order valence-corrected chi connectivity index (χ3v) is 3.75. The van der Waals surface area contributed by atoms with E-state index in [4.69, 9.17) is 16.0 Å². The van der Waals surface area contributed by atoms with E-state index in [1.807, 2.05) is 10.3 Å². The lowest BCUT2D eigenvalue weighted by Crippen LogP contribution is -2.41. The van der Waals surface area contributed by atoms with Crippen molar-refractivity contribution >= 4 is 27.5 Å². The molecule has 0 aliphatic rings. The van der Waals surface area contributed by atoms with E-state index in [0.717, 1.165) is 0 Å². The van der Waals surface area contributed by atoms with Crippen LogP contribution in [0.4, 0.5) is 0 Å². The zero-order valence-corrected chi connectivity index (χ0v) is 10.9. The molecule has 0 aliphatic carbocycles. The van der Waals surface area contributed by atoms with E-state index in [0.29, 0.717) is 0 Å². The van der Waals surface area contributed by atoms with Crippen molar-refractivity contribution in [3.05, 3.63) is 47.6 Å². The van der Waals surface area contributed by atoms with Gasteiger partial charge in [0, 0.05) is 6.20 Å². The molecule has 0 radical (unpaired) electrons. The molecule has 0 aliphatic heterocycles. The number of halogens is 1. The van der Waals surface area contributed by atoms with Crippen molar-refractivity contribution in [3.63, 3.8) is 0 Å². The van der Waals surface area contributed by atoms with E-state index in [1.165, 1.54) is 36.7 Å². The van der Waals surface area contributed by atoms with Crippen LogP contribution in [-0.2, 0) is 10.0 Å². The number of rotatable bonds is 4. The van der Waals surface area contributed by atoms with Crippen LogP contribution < -0.4 is 10.3 Å². The Morgan fingerprint density at radius 3 is 2.74 bits per heavy atom. The molecule has 1 amide bonds. The molecule has 0 spiro atoms. The third-order valence-electron chi connectivity index (χ3n) is 2.06. The van der Waals surface area contributed by atoms with Gasteiger partial charge in [0.1, 0.15) is 10.0 Å². The summed E-state index contributed by atoms with van der Waals surface area (Å²) in [6.07, 6.45) is 2.64. The number of furan rings is 1. The van der Waals surface area contributed by atoms with Crippen molar-refractivity contribution in [1.82, 2.24) is 15.2 Å². The number of aromatic nitrogens is 1. The Balaban J connectivity index is 2.11. The van der Waals surface area contributed by atoms with Crippen molar-refractivity contribution < 1.29 is 17.6 Å². The van der Waals surface area contributed by atoms with Crippen LogP contribution in [-0.4, -0.2) is 19.3 Å². The molecule has 2 heterocycles. The highest BCUT2D eigenvalue weighted by Crippen LogP contribution is 2.16. The quantitative estimate of drug-likeness (QED) is 0.647. The summed E-state index contributed by atoms with van der Waals surface area (Å²) < 4.78 is 28.5. The van der Waals surface area contributed by atoms with E-state index < -0.39 is 15.9 Å². The van der Waals surface area contributed by atoms with Gasteiger partial charge in [-0.2, -0.15) is 0 Å². The van der Waals surface area contributed by atoms with Crippen LogP contribution >= 0.6 is 11.6 Å². The Morgan fingerprint density at radius 1 is 1.32 bits per heavy atom. The summed E-state index contributed by atoms with van der Waals surface area (Å²) >= 11 is 5.66. The van der Waals surface area contributed by atoms with E-state index in [-0.39, 0.29) is 15.8 Å². The number of hydrazine groups is 1. The Kier molecular flexibility index (Phi) is 3.84. The van der Waals surface area contributed by atoms with Crippen LogP contribution in [0.5, 0.6) is 0 Å². The first-order valence-electron chi connectivity index (χ1n) is 4.97. The van der Waals surface area contributed by atoms with E-state index in [2.05, 4.69) is 4.98 Å². The first-order chi connectivity index (χ1) is 9.00. The van der Waals surface area contributed by atoms with Crippen molar-refractivity contribution in [2.75, 3.05) is 0 Å². The second kappa shape index (κ2) is 5.39. The molecule has 2 aromatic heterocycles. The molecule has 0 saturated heterocycles. The molecular weight excluding hydrogens is 294 g/mol. The maximum atomic E-state index is 11.8. The van der Waals surface area contributed by atoms with Crippen LogP contribution in [0.3, 0.4) is 0 Å². The van der Waals surface area contributed by atoms with Gasteiger partial charge in [0.05, 0.1) is 6.26 Å². The van der Waals surface area contributed by atoms with Gasteiger partial charge >= 0.3 is 5.91 Å². The second-order valence-electron chi connectivity index (χ2n) is 3.33. The van der Waals surface area contributed by atoms with Gasteiger partial charge in [0.2, 0.25) is 0 Å². The summed E-state index contributed by atoms with van der Waals surface area (Å²) in [5.41, 5.74) is 1.99. The number of pyridine rings is 1. The summed E-state index contributed by atoms with van der Waals surface area (Å²) in [6.45, 7) is 0. The molecule has 2 N–H and O–H groups in total. The molecule has 7 nitrogen and oxygen atoms in total. The lowest BCUT2D eigenvalue weighted by Gasteiger charge is -2.07. The minimum Gasteiger partial charge on any atom is -0.459 e. The van der Waals surface area contributed by atoms with Gasteiger partial charge in [-0.1, -0.05) is 11.6 Å². The number of nitrogens with zero attached hydrogens (tertiary/aromatic N) is 1. The number of amides is 1. The molecule has 0 unspecified atom stereocenters. The van der Waals surface area contributed by atoms with Gasteiger partial charge in [-0.15, -0.1) is 4.83 Å². The van der Waals surface area contributed by atoms with Gasteiger partial charge in [-0.05, 0) is 24.3 Å². The highest BCUT2D eigenvalue weighted by molar-refractivity contribution is 7.89. The Hall–Kier alpha value is -1.90. The number of carbonyl (C=O) groups is 1. The summed E-state index contributed by atoms with van der Waals surface area (Å²) in [6, 6.07) is 5.56. The van der Waals surface area contributed by atoms with Crippen LogP contribution in [0.25, 0.3) is 0 Å². The Morgan fingerprint density at radius 2 is 2.11 bits per heavy atom. The molecule has 0 saturated carbocycles. The van der Waals surface area contributed by atoms with Gasteiger partial charge in [0.15, 0.2) is 5.76 Å². The number of hydrogen-bond donors (Lipinski definition) is 2. The normalized spacial score (nSPS) is 11.2. The highest BCUT2D eigenvalue weighted by Gasteiger charge is 2.19.